The van der Waals surface area contributed by atoms with E-state index in [1.165, 1.54) is 33.9 Å². The van der Waals surface area contributed by atoms with Crippen LogP contribution in [0.3, 0.4) is 0 Å². The molecular formula is C25H32N4O5S. The summed E-state index contributed by atoms with van der Waals surface area (Å²) in [6.07, 6.45) is 3.81. The van der Waals surface area contributed by atoms with E-state index >= 15 is 0 Å². The molecule has 0 aliphatic carbocycles. The molecule has 10 heteroatoms. The molecule has 0 fully saturated rings. The summed E-state index contributed by atoms with van der Waals surface area (Å²) >= 11 is 0. The van der Waals surface area contributed by atoms with Crippen LogP contribution in [-0.4, -0.2) is 77.5 Å². The summed E-state index contributed by atoms with van der Waals surface area (Å²) in [7, 11) is -2.30. The van der Waals surface area contributed by atoms with Gasteiger partial charge in [-0.15, -0.1) is 0 Å². The number of fused-ring (bicyclic) bond motifs is 1. The van der Waals surface area contributed by atoms with Crippen LogP contribution in [0.5, 0.6) is 5.75 Å². The molecule has 0 radical (unpaired) electrons. The Kier molecular flexibility index (Phi) is 8.48. The average molecular weight is 501 g/mol. The summed E-state index contributed by atoms with van der Waals surface area (Å²) in [5.41, 5.74) is 0.837. The van der Waals surface area contributed by atoms with Gasteiger partial charge in [0.1, 0.15) is 22.4 Å². The van der Waals surface area contributed by atoms with E-state index in [0.29, 0.717) is 5.56 Å². The Labute approximate surface area is 207 Å². The first-order valence-electron chi connectivity index (χ1n) is 11.5. The van der Waals surface area contributed by atoms with Gasteiger partial charge in [0, 0.05) is 49.4 Å². The molecule has 188 valence electrons. The maximum absolute atomic E-state index is 13.5. The predicted molar refractivity (Wildman–Crippen MR) is 131 cm³/mol. The van der Waals surface area contributed by atoms with Gasteiger partial charge in [-0.2, -0.15) is 4.31 Å². The second-order valence-corrected chi connectivity index (χ2v) is 11.0. The summed E-state index contributed by atoms with van der Waals surface area (Å²) in [6.45, 7) is 7.46. The van der Waals surface area contributed by atoms with Crippen molar-refractivity contribution < 1.29 is 23.1 Å². The number of ether oxygens (including phenoxy) is 1. The van der Waals surface area contributed by atoms with Gasteiger partial charge in [0.25, 0.3) is 5.91 Å². The number of aliphatic hydroxyl groups is 1. The minimum absolute atomic E-state index is 0.00713. The number of nitrogens with zero attached hydrogens (tertiary/aromatic N) is 4. The third kappa shape index (κ3) is 6.17. The first-order valence-corrected chi connectivity index (χ1v) is 12.9. The van der Waals surface area contributed by atoms with Crippen LogP contribution in [0.1, 0.15) is 43.7 Å². The number of carbonyl (C=O) groups excluding carboxylic acids is 1. The molecule has 1 aliphatic rings. The molecule has 0 spiro atoms. The van der Waals surface area contributed by atoms with Gasteiger partial charge in [-0.3, -0.25) is 9.78 Å². The molecule has 0 bridgehead atoms. The van der Waals surface area contributed by atoms with E-state index in [0.717, 1.165) is 0 Å². The highest BCUT2D eigenvalue weighted by Gasteiger charge is 2.38. The van der Waals surface area contributed by atoms with Gasteiger partial charge in [-0.05, 0) is 25.1 Å². The smallest absolute Gasteiger partial charge is 0.273 e. The molecule has 3 rings (SSSR count). The summed E-state index contributed by atoms with van der Waals surface area (Å²) in [6, 6.07) is 4.14. The van der Waals surface area contributed by atoms with Gasteiger partial charge in [0.15, 0.2) is 0 Å². The minimum atomic E-state index is -3.94. The van der Waals surface area contributed by atoms with E-state index in [9.17, 15) is 18.3 Å². The highest BCUT2D eigenvalue weighted by molar-refractivity contribution is 7.89. The number of hydrogen-bond donors (Lipinski definition) is 1. The fourth-order valence-electron chi connectivity index (χ4n) is 3.71. The quantitative estimate of drug-likeness (QED) is 0.625. The highest BCUT2D eigenvalue weighted by atomic mass is 32.2. The van der Waals surface area contributed by atoms with E-state index in [1.807, 2.05) is 20.8 Å². The molecule has 2 heterocycles. The Morgan fingerprint density at radius 3 is 2.69 bits per heavy atom. The lowest BCUT2D eigenvalue weighted by atomic mass is 10.0. The molecule has 1 amide bonds. The van der Waals surface area contributed by atoms with Gasteiger partial charge >= 0.3 is 0 Å². The Morgan fingerprint density at radius 2 is 2.06 bits per heavy atom. The zero-order valence-corrected chi connectivity index (χ0v) is 21.5. The topological polar surface area (TPSA) is 113 Å². The molecule has 0 saturated heterocycles. The molecule has 35 heavy (non-hydrogen) atoms. The van der Waals surface area contributed by atoms with Gasteiger partial charge in [0.2, 0.25) is 10.0 Å². The van der Waals surface area contributed by atoms with E-state index in [2.05, 4.69) is 21.8 Å². The molecular weight excluding hydrogens is 468 g/mol. The fourth-order valence-corrected chi connectivity index (χ4v) is 5.53. The maximum Gasteiger partial charge on any atom is 0.273 e. The number of sulfonamides is 1. The van der Waals surface area contributed by atoms with Gasteiger partial charge in [-0.1, -0.05) is 32.6 Å². The molecule has 2 aromatic rings. The van der Waals surface area contributed by atoms with Gasteiger partial charge in [0.05, 0.1) is 19.3 Å². The number of aliphatic hydroxyl groups excluding tert-OH is 1. The number of aromatic nitrogens is 2. The average Bonchev–Trinajstić information content (AvgIpc) is 2.84. The van der Waals surface area contributed by atoms with Crippen LogP contribution in [0.25, 0.3) is 0 Å². The van der Waals surface area contributed by atoms with Crippen molar-refractivity contribution in [3.63, 3.8) is 0 Å². The Balaban J connectivity index is 2.02. The fraction of sp³-hybridized carbons (Fsp3) is 0.480. The van der Waals surface area contributed by atoms with E-state index in [1.54, 1.807) is 26.1 Å². The number of hydrogen-bond acceptors (Lipinski definition) is 7. The molecule has 9 nitrogen and oxygen atoms in total. The number of likely N-dealkylation sites (N-methyl/N-ethyl adjacent to an activating group) is 1. The van der Waals surface area contributed by atoms with Crippen molar-refractivity contribution in [1.29, 1.82) is 0 Å². The SMILES string of the molecule is CC(C)C#Cc1ccc2c(c1)O[C@H](CN(C)C(=O)c1cnccn1)[C@@H](C)CN([C@H](C)CO)S2(=O)=O. The van der Waals surface area contributed by atoms with Crippen molar-refractivity contribution in [3.8, 4) is 17.6 Å². The van der Waals surface area contributed by atoms with Crippen LogP contribution in [0, 0.1) is 23.7 Å². The van der Waals surface area contributed by atoms with Crippen LogP contribution in [0.4, 0.5) is 0 Å². The van der Waals surface area contributed by atoms with E-state index < -0.39 is 22.2 Å². The molecule has 0 saturated carbocycles. The normalized spacial score (nSPS) is 20.4. The highest BCUT2D eigenvalue weighted by Crippen LogP contribution is 2.34. The lowest BCUT2D eigenvalue weighted by Gasteiger charge is -2.37. The zero-order chi connectivity index (χ0) is 25.8. The van der Waals surface area contributed by atoms with Crippen LogP contribution in [0.15, 0.2) is 41.7 Å². The third-order valence-electron chi connectivity index (χ3n) is 5.76. The van der Waals surface area contributed by atoms with Gasteiger partial charge in [-0.25, -0.2) is 13.4 Å². The first-order chi connectivity index (χ1) is 16.5. The summed E-state index contributed by atoms with van der Waals surface area (Å²) in [5.74, 6) is 5.83. The second-order valence-electron chi connectivity index (χ2n) is 9.10. The summed E-state index contributed by atoms with van der Waals surface area (Å²) in [5, 5.41) is 9.77. The van der Waals surface area contributed by atoms with Crippen molar-refractivity contribution in [2.24, 2.45) is 11.8 Å². The van der Waals surface area contributed by atoms with Crippen LogP contribution in [-0.2, 0) is 10.0 Å². The predicted octanol–water partition coefficient (Wildman–Crippen LogP) is 2.02. The Hall–Kier alpha value is -3.00. The minimum Gasteiger partial charge on any atom is -0.487 e. The van der Waals surface area contributed by atoms with Crippen molar-refractivity contribution in [2.75, 3.05) is 26.7 Å². The molecule has 1 aliphatic heterocycles. The maximum atomic E-state index is 13.5. The molecule has 1 N–H and O–H groups in total. The van der Waals surface area contributed by atoms with Crippen LogP contribution in [0.2, 0.25) is 0 Å². The monoisotopic (exact) mass is 500 g/mol. The Bertz CT molecular complexity index is 1210. The lowest BCUT2D eigenvalue weighted by Crippen LogP contribution is -2.50. The number of benzene rings is 1. The van der Waals surface area contributed by atoms with Crippen molar-refractivity contribution in [2.45, 2.75) is 44.7 Å². The molecule has 3 atom stereocenters. The second kappa shape index (κ2) is 11.2. The molecule has 1 aromatic heterocycles. The first kappa shape index (κ1) is 26.6. The van der Waals surface area contributed by atoms with Crippen LogP contribution >= 0.6 is 0 Å². The van der Waals surface area contributed by atoms with E-state index in [-0.39, 0.29) is 53.8 Å². The number of amides is 1. The van der Waals surface area contributed by atoms with Gasteiger partial charge < -0.3 is 14.7 Å². The number of rotatable bonds is 5. The summed E-state index contributed by atoms with van der Waals surface area (Å²) < 4.78 is 34.7. The van der Waals surface area contributed by atoms with Crippen molar-refractivity contribution >= 4 is 15.9 Å². The van der Waals surface area contributed by atoms with E-state index in [4.69, 9.17) is 4.74 Å². The van der Waals surface area contributed by atoms with Crippen LogP contribution < -0.4 is 4.74 Å². The largest absolute Gasteiger partial charge is 0.487 e. The zero-order valence-electron chi connectivity index (χ0n) is 20.7. The summed E-state index contributed by atoms with van der Waals surface area (Å²) in [4.78, 5) is 22.4. The standard InChI is InChI=1S/C25H32N4O5S/c1-17(2)6-7-20-8-9-24-22(12-20)34-23(15-28(5)25(31)21-13-26-10-11-27-21)18(3)14-29(19(4)16-30)35(24,32)33/h8-13,17-19,23,30H,14-16H2,1-5H3/t18-,19+,23+/m0/s1. The number of carbonyl (C=O) groups is 1. The van der Waals surface area contributed by atoms with Crippen molar-refractivity contribution in [3.05, 3.63) is 48.0 Å². The molecule has 1 aromatic carbocycles. The Morgan fingerprint density at radius 1 is 1.31 bits per heavy atom. The lowest BCUT2D eigenvalue weighted by molar-refractivity contribution is 0.0559. The van der Waals surface area contributed by atoms with Crippen molar-refractivity contribution in [1.82, 2.24) is 19.2 Å². The third-order valence-corrected chi connectivity index (χ3v) is 7.77. The molecule has 0 unspecified atom stereocenters.